The molecule has 0 bridgehead atoms. The van der Waals surface area contributed by atoms with E-state index in [1.165, 1.54) is 41.2 Å². The van der Waals surface area contributed by atoms with Gasteiger partial charge in [0.2, 0.25) is 21.8 Å². The van der Waals surface area contributed by atoms with Crippen molar-refractivity contribution in [1.82, 2.24) is 19.9 Å². The number of carbonyl (C=O) groups excluding carboxylic acids is 2. The van der Waals surface area contributed by atoms with E-state index in [4.69, 9.17) is 0 Å². The fraction of sp³-hybridized carbons (Fsp3) is 0.316. The molecule has 154 valence electrons. The quantitative estimate of drug-likeness (QED) is 0.641. The molecule has 2 N–H and O–H groups in total. The van der Waals surface area contributed by atoms with E-state index >= 15 is 0 Å². The summed E-state index contributed by atoms with van der Waals surface area (Å²) >= 11 is 1.50. The molecule has 1 atom stereocenters. The lowest BCUT2D eigenvalue weighted by molar-refractivity contribution is -0.138. The second kappa shape index (κ2) is 9.86. The van der Waals surface area contributed by atoms with Crippen LogP contribution >= 0.6 is 11.8 Å². The predicted octanol–water partition coefficient (Wildman–Crippen LogP) is 0.968. The monoisotopic (exact) mass is 434 g/mol. The third-order valence-electron chi connectivity index (χ3n) is 4.39. The van der Waals surface area contributed by atoms with Crippen LogP contribution in [0.3, 0.4) is 0 Å². The third-order valence-corrected chi connectivity index (χ3v) is 6.85. The lowest BCUT2D eigenvalue weighted by atomic mass is 10.2. The van der Waals surface area contributed by atoms with Crippen LogP contribution in [0, 0.1) is 0 Å². The van der Waals surface area contributed by atoms with Gasteiger partial charge in [-0.05, 0) is 17.7 Å². The molecule has 1 aliphatic rings. The maximum absolute atomic E-state index is 12.5. The lowest BCUT2D eigenvalue weighted by Gasteiger charge is -2.23. The average molecular weight is 435 g/mol. The number of nitrogens with zero attached hydrogens (tertiary/aromatic N) is 2. The maximum atomic E-state index is 12.5. The number of nitrogens with one attached hydrogen (secondary N) is 2. The molecule has 1 fully saturated rings. The van der Waals surface area contributed by atoms with E-state index in [-0.39, 0.29) is 29.7 Å². The molecule has 1 unspecified atom stereocenters. The number of benzene rings is 1. The van der Waals surface area contributed by atoms with Crippen molar-refractivity contribution in [3.05, 3.63) is 60.4 Å². The van der Waals surface area contributed by atoms with Gasteiger partial charge in [-0.3, -0.25) is 14.6 Å². The molecule has 1 aromatic heterocycles. The van der Waals surface area contributed by atoms with Crippen LogP contribution in [-0.4, -0.2) is 54.3 Å². The summed E-state index contributed by atoms with van der Waals surface area (Å²) in [5, 5.41) is 2.86. The van der Waals surface area contributed by atoms with Crippen LogP contribution in [0.15, 0.2) is 59.8 Å². The fourth-order valence-electron chi connectivity index (χ4n) is 2.83. The molecule has 0 spiro atoms. The van der Waals surface area contributed by atoms with Crippen molar-refractivity contribution in [2.75, 3.05) is 18.2 Å². The van der Waals surface area contributed by atoms with E-state index in [0.717, 1.165) is 5.56 Å². The number of thioether (sulfide) groups is 1. The topological polar surface area (TPSA) is 108 Å². The Labute approximate surface area is 174 Å². The zero-order valence-electron chi connectivity index (χ0n) is 15.7. The molecular weight excluding hydrogens is 412 g/mol. The highest BCUT2D eigenvalue weighted by atomic mass is 32.2. The van der Waals surface area contributed by atoms with Crippen LogP contribution in [0.2, 0.25) is 0 Å². The number of amides is 2. The van der Waals surface area contributed by atoms with Crippen LogP contribution in [0.1, 0.15) is 12.0 Å². The molecule has 2 amide bonds. The minimum absolute atomic E-state index is 0.0253. The van der Waals surface area contributed by atoms with Crippen LogP contribution in [0.4, 0.5) is 0 Å². The predicted molar refractivity (Wildman–Crippen MR) is 110 cm³/mol. The summed E-state index contributed by atoms with van der Waals surface area (Å²) in [5.74, 6) is 0.470. The number of carbonyl (C=O) groups is 2. The average Bonchev–Trinajstić information content (AvgIpc) is 3.23. The molecule has 0 saturated carbocycles. The summed E-state index contributed by atoms with van der Waals surface area (Å²) < 4.78 is 26.8. The molecule has 10 heteroatoms. The van der Waals surface area contributed by atoms with Crippen LogP contribution < -0.4 is 10.0 Å². The lowest BCUT2D eigenvalue weighted by Crippen LogP contribution is -2.47. The van der Waals surface area contributed by atoms with Gasteiger partial charge >= 0.3 is 0 Å². The summed E-state index contributed by atoms with van der Waals surface area (Å²) in [6, 6.07) is 11.9. The second-order valence-electron chi connectivity index (χ2n) is 6.42. The SMILES string of the molecule is O=C(NCc1ccccc1)C1CSCN1C(=O)CCNS(=O)(=O)c1cccnc1. The first-order chi connectivity index (χ1) is 14.0. The van der Waals surface area contributed by atoms with Crippen LogP contribution in [-0.2, 0) is 26.2 Å². The van der Waals surface area contributed by atoms with Gasteiger partial charge in [0, 0.05) is 37.7 Å². The van der Waals surface area contributed by atoms with Gasteiger partial charge in [0.05, 0.1) is 5.88 Å². The smallest absolute Gasteiger partial charge is 0.243 e. The van der Waals surface area contributed by atoms with Gasteiger partial charge in [-0.2, -0.15) is 0 Å². The second-order valence-corrected chi connectivity index (χ2v) is 9.19. The van der Waals surface area contributed by atoms with Gasteiger partial charge in [0.15, 0.2) is 0 Å². The summed E-state index contributed by atoms with van der Waals surface area (Å²) in [5.41, 5.74) is 0.981. The molecule has 1 saturated heterocycles. The first kappa shape index (κ1) is 21.3. The Balaban J connectivity index is 1.50. The highest BCUT2D eigenvalue weighted by Gasteiger charge is 2.34. The van der Waals surface area contributed by atoms with Crippen LogP contribution in [0.5, 0.6) is 0 Å². The zero-order valence-corrected chi connectivity index (χ0v) is 17.3. The van der Waals surface area contributed by atoms with Gasteiger partial charge in [0.1, 0.15) is 10.9 Å². The number of hydrogen-bond donors (Lipinski definition) is 2. The highest BCUT2D eigenvalue weighted by molar-refractivity contribution is 7.99. The maximum Gasteiger partial charge on any atom is 0.243 e. The number of aromatic nitrogens is 1. The van der Waals surface area contributed by atoms with E-state index in [9.17, 15) is 18.0 Å². The molecular formula is C19H22N4O4S2. The Morgan fingerprint density at radius 3 is 2.69 bits per heavy atom. The van der Waals surface area contributed by atoms with Gasteiger partial charge in [0.25, 0.3) is 0 Å². The van der Waals surface area contributed by atoms with E-state index in [1.807, 2.05) is 30.3 Å². The molecule has 29 heavy (non-hydrogen) atoms. The molecule has 0 radical (unpaired) electrons. The highest BCUT2D eigenvalue weighted by Crippen LogP contribution is 2.22. The van der Waals surface area contributed by atoms with Gasteiger partial charge < -0.3 is 10.2 Å². The number of sulfonamides is 1. The summed E-state index contributed by atoms with van der Waals surface area (Å²) in [4.78, 5) is 30.4. The molecule has 1 aromatic carbocycles. The van der Waals surface area contributed by atoms with Crippen molar-refractivity contribution < 1.29 is 18.0 Å². The van der Waals surface area contributed by atoms with E-state index in [2.05, 4.69) is 15.0 Å². The molecule has 3 rings (SSSR count). The first-order valence-corrected chi connectivity index (χ1v) is 11.7. The molecule has 2 aromatic rings. The van der Waals surface area contributed by atoms with Gasteiger partial charge in [-0.1, -0.05) is 30.3 Å². The third kappa shape index (κ3) is 5.78. The standard InChI is InChI=1S/C19H22N4O4S2/c24-18(8-10-22-29(26,27)16-7-4-9-20-12-16)23-14-28-13-17(23)19(25)21-11-15-5-2-1-3-6-15/h1-7,9,12,17,22H,8,10-11,13-14H2,(H,21,25). The van der Waals surface area contributed by atoms with Crippen LogP contribution in [0.25, 0.3) is 0 Å². The zero-order chi connectivity index (χ0) is 20.7. The number of hydrogen-bond acceptors (Lipinski definition) is 6. The normalized spacial score (nSPS) is 16.6. The van der Waals surface area contributed by atoms with Crippen molar-refractivity contribution in [2.45, 2.75) is 23.9 Å². The van der Waals surface area contributed by atoms with Crippen molar-refractivity contribution in [2.24, 2.45) is 0 Å². The molecule has 0 aliphatic carbocycles. The van der Waals surface area contributed by atoms with Crippen molar-refractivity contribution in [3.63, 3.8) is 0 Å². The Morgan fingerprint density at radius 1 is 1.17 bits per heavy atom. The van der Waals surface area contributed by atoms with Crippen molar-refractivity contribution >= 4 is 33.6 Å². The Bertz CT molecular complexity index is 939. The number of rotatable bonds is 8. The summed E-state index contributed by atoms with van der Waals surface area (Å²) in [6.45, 7) is 0.351. The Hall–Kier alpha value is -2.43. The minimum Gasteiger partial charge on any atom is -0.350 e. The van der Waals surface area contributed by atoms with E-state index < -0.39 is 16.1 Å². The van der Waals surface area contributed by atoms with Gasteiger partial charge in [-0.15, -0.1) is 11.8 Å². The summed E-state index contributed by atoms with van der Waals surface area (Å²) in [6.07, 6.45) is 2.70. The summed E-state index contributed by atoms with van der Waals surface area (Å²) in [7, 11) is -3.72. The van der Waals surface area contributed by atoms with E-state index in [1.54, 1.807) is 0 Å². The van der Waals surface area contributed by atoms with Crippen molar-refractivity contribution in [1.29, 1.82) is 0 Å². The van der Waals surface area contributed by atoms with Crippen molar-refractivity contribution in [3.8, 4) is 0 Å². The number of pyridine rings is 1. The molecule has 2 heterocycles. The van der Waals surface area contributed by atoms with E-state index in [0.29, 0.717) is 18.2 Å². The minimum atomic E-state index is -3.72. The van der Waals surface area contributed by atoms with Gasteiger partial charge in [-0.25, -0.2) is 13.1 Å². The Kier molecular flexibility index (Phi) is 7.24. The largest absolute Gasteiger partial charge is 0.350 e. The Morgan fingerprint density at radius 2 is 1.97 bits per heavy atom. The molecule has 8 nitrogen and oxygen atoms in total. The fourth-order valence-corrected chi connectivity index (χ4v) is 5.01. The molecule has 1 aliphatic heterocycles. The first-order valence-electron chi connectivity index (χ1n) is 9.06.